The van der Waals surface area contributed by atoms with Crippen LogP contribution in [0.3, 0.4) is 0 Å². The number of nitrogens with zero attached hydrogens (tertiary/aromatic N) is 4. The van der Waals surface area contributed by atoms with E-state index in [1.165, 1.54) is 4.90 Å². The summed E-state index contributed by atoms with van der Waals surface area (Å²) in [6.07, 6.45) is 5.26. The van der Waals surface area contributed by atoms with Crippen LogP contribution in [0.2, 0.25) is 0 Å². The third-order valence-electron chi connectivity index (χ3n) is 6.42. The maximum Gasteiger partial charge on any atom is 0.271 e. The highest BCUT2D eigenvalue weighted by molar-refractivity contribution is 5.95. The van der Waals surface area contributed by atoms with Crippen LogP contribution in [0.5, 0.6) is 0 Å². The molecule has 1 aliphatic rings. The molecule has 3 aromatic heterocycles. The summed E-state index contributed by atoms with van der Waals surface area (Å²) in [5.41, 5.74) is 6.56. The number of carbonyl (C=O) groups is 1. The molecule has 1 fully saturated rings. The van der Waals surface area contributed by atoms with Crippen LogP contribution in [0.4, 0.5) is 11.4 Å². The van der Waals surface area contributed by atoms with E-state index in [9.17, 15) is 4.79 Å². The Morgan fingerprint density at radius 2 is 1.92 bits per heavy atom. The van der Waals surface area contributed by atoms with Gasteiger partial charge in [0.25, 0.3) is 5.91 Å². The monoisotopic (exact) mass is 481 g/mol. The van der Waals surface area contributed by atoms with E-state index in [0.29, 0.717) is 34.3 Å². The van der Waals surface area contributed by atoms with Gasteiger partial charge in [-0.15, -0.1) is 0 Å². The van der Waals surface area contributed by atoms with E-state index < -0.39 is 0 Å². The highest BCUT2D eigenvalue weighted by Crippen LogP contribution is 2.38. The van der Waals surface area contributed by atoms with Crippen LogP contribution in [-0.4, -0.2) is 54.1 Å². The van der Waals surface area contributed by atoms with Gasteiger partial charge in [0, 0.05) is 68.6 Å². The summed E-state index contributed by atoms with van der Waals surface area (Å²) in [6.45, 7) is 11.1. The largest absolute Gasteiger partial charge is 0.454 e. The van der Waals surface area contributed by atoms with Gasteiger partial charge in [-0.3, -0.25) is 14.8 Å². The fourth-order valence-corrected chi connectivity index (χ4v) is 4.43. The van der Waals surface area contributed by atoms with Gasteiger partial charge < -0.3 is 19.4 Å². The quantitative estimate of drug-likeness (QED) is 0.368. The molecule has 0 bridgehead atoms. The molecule has 1 saturated heterocycles. The lowest BCUT2D eigenvalue weighted by Crippen LogP contribution is -2.27. The zero-order chi connectivity index (χ0) is 25.2. The van der Waals surface area contributed by atoms with E-state index in [0.717, 1.165) is 54.0 Å². The minimum absolute atomic E-state index is 0.149. The first-order valence-electron chi connectivity index (χ1n) is 11.9. The fourth-order valence-electron chi connectivity index (χ4n) is 4.43. The van der Waals surface area contributed by atoms with Crippen LogP contribution in [0, 0.1) is 13.5 Å². The molecule has 8 nitrogen and oxygen atoms in total. The maximum absolute atomic E-state index is 12.3. The second-order valence-corrected chi connectivity index (χ2v) is 9.14. The van der Waals surface area contributed by atoms with Gasteiger partial charge >= 0.3 is 0 Å². The average Bonchev–Trinajstić information content (AvgIpc) is 3.33. The highest BCUT2D eigenvalue weighted by Gasteiger charge is 2.19. The zero-order valence-corrected chi connectivity index (χ0v) is 20.5. The SMILES string of the molecule is [C-]#[N+]c1cc(-c2ccnc3cc(-c4cnc(C(=O)N(C)C)cc4C)oc23)ccc1NC1CCOCC1. The molecule has 5 rings (SSSR count). The number of ether oxygens (including phenoxy) is 1. The van der Waals surface area contributed by atoms with E-state index in [4.69, 9.17) is 15.7 Å². The molecule has 0 spiro atoms. The van der Waals surface area contributed by atoms with Crippen molar-refractivity contribution in [3.8, 4) is 22.5 Å². The number of aryl methyl sites for hydroxylation is 1. The number of hydrogen-bond acceptors (Lipinski definition) is 6. The summed E-state index contributed by atoms with van der Waals surface area (Å²) in [5, 5.41) is 3.50. The van der Waals surface area contributed by atoms with E-state index >= 15 is 0 Å². The van der Waals surface area contributed by atoms with Crippen LogP contribution >= 0.6 is 0 Å². The second kappa shape index (κ2) is 9.80. The van der Waals surface area contributed by atoms with Gasteiger partial charge in [-0.25, -0.2) is 4.85 Å². The van der Waals surface area contributed by atoms with E-state index in [-0.39, 0.29) is 5.91 Å². The van der Waals surface area contributed by atoms with Crippen molar-refractivity contribution in [1.29, 1.82) is 0 Å². The number of carbonyl (C=O) groups excluding carboxylic acids is 1. The summed E-state index contributed by atoms with van der Waals surface area (Å²) < 4.78 is 11.7. The lowest BCUT2D eigenvalue weighted by molar-refractivity contribution is 0.0822. The molecule has 0 unspecified atom stereocenters. The Kier molecular flexibility index (Phi) is 6.40. The Labute approximate surface area is 209 Å². The summed E-state index contributed by atoms with van der Waals surface area (Å²) in [7, 11) is 3.40. The second-order valence-electron chi connectivity index (χ2n) is 9.14. The van der Waals surface area contributed by atoms with Crippen molar-refractivity contribution in [2.45, 2.75) is 25.8 Å². The molecular weight excluding hydrogens is 454 g/mol. The minimum Gasteiger partial charge on any atom is -0.454 e. The van der Waals surface area contributed by atoms with Crippen LogP contribution in [-0.2, 0) is 4.74 Å². The van der Waals surface area contributed by atoms with Gasteiger partial charge in [-0.1, -0.05) is 6.07 Å². The van der Waals surface area contributed by atoms with Crippen molar-refractivity contribution in [1.82, 2.24) is 14.9 Å². The van der Waals surface area contributed by atoms with Gasteiger partial charge in [0.15, 0.2) is 5.58 Å². The third-order valence-corrected chi connectivity index (χ3v) is 6.42. The number of benzene rings is 1. The summed E-state index contributed by atoms with van der Waals surface area (Å²) in [5.74, 6) is 0.477. The molecule has 1 amide bonds. The molecule has 0 atom stereocenters. The van der Waals surface area contributed by atoms with Crippen LogP contribution in [0.15, 0.2) is 53.2 Å². The number of pyridine rings is 2. The molecular formula is C28H27N5O3. The first kappa shape index (κ1) is 23.5. The zero-order valence-electron chi connectivity index (χ0n) is 20.5. The van der Waals surface area contributed by atoms with Gasteiger partial charge in [-0.05, 0) is 55.2 Å². The molecule has 0 radical (unpaired) electrons. The van der Waals surface area contributed by atoms with Crippen molar-refractivity contribution in [2.75, 3.05) is 32.6 Å². The number of aromatic nitrogens is 2. The molecule has 182 valence electrons. The lowest BCUT2D eigenvalue weighted by Gasteiger charge is -2.25. The third kappa shape index (κ3) is 4.53. The number of furan rings is 1. The van der Waals surface area contributed by atoms with Crippen molar-refractivity contribution in [3.63, 3.8) is 0 Å². The summed E-state index contributed by atoms with van der Waals surface area (Å²) in [6, 6.07) is 11.7. The Bertz CT molecular complexity index is 1480. The first-order chi connectivity index (χ1) is 17.4. The van der Waals surface area contributed by atoms with Crippen LogP contribution in [0.1, 0.15) is 28.9 Å². The molecule has 1 aliphatic heterocycles. The first-order valence-corrected chi connectivity index (χ1v) is 11.9. The number of amides is 1. The van der Waals surface area contributed by atoms with Gasteiger partial charge in [0.1, 0.15) is 17.0 Å². The van der Waals surface area contributed by atoms with Crippen molar-refractivity contribution in [2.24, 2.45) is 0 Å². The van der Waals surface area contributed by atoms with Gasteiger partial charge in [0.2, 0.25) is 5.69 Å². The number of fused-ring (bicyclic) bond motifs is 1. The molecule has 1 aromatic carbocycles. The number of rotatable bonds is 5. The molecule has 0 saturated carbocycles. The molecule has 36 heavy (non-hydrogen) atoms. The van der Waals surface area contributed by atoms with Crippen molar-refractivity contribution in [3.05, 3.63) is 71.5 Å². The molecule has 0 aliphatic carbocycles. The molecule has 4 heterocycles. The van der Waals surface area contributed by atoms with E-state index in [1.54, 1.807) is 32.6 Å². The predicted molar refractivity (Wildman–Crippen MR) is 139 cm³/mol. The minimum atomic E-state index is -0.149. The smallest absolute Gasteiger partial charge is 0.271 e. The number of anilines is 1. The maximum atomic E-state index is 12.3. The lowest BCUT2D eigenvalue weighted by atomic mass is 10.0. The number of nitrogens with one attached hydrogen (secondary N) is 1. The predicted octanol–water partition coefficient (Wildman–Crippen LogP) is 5.71. The Morgan fingerprint density at radius 1 is 1.11 bits per heavy atom. The standard InChI is InChI=1S/C28H27N5O3/c1-17-13-25(28(34)33(3)4)31-16-21(17)26-15-24-27(36-26)20(7-10-30-24)18-5-6-22(23(14-18)29-2)32-19-8-11-35-12-9-19/h5-7,10,13-16,19,32H,8-9,11-12H2,1,3-4H3. The fraction of sp³-hybridized carbons (Fsp3) is 0.286. The van der Waals surface area contributed by atoms with E-state index in [2.05, 4.69) is 20.1 Å². The highest BCUT2D eigenvalue weighted by atomic mass is 16.5. The van der Waals surface area contributed by atoms with Gasteiger partial charge in [0.05, 0.1) is 6.57 Å². The summed E-state index contributed by atoms with van der Waals surface area (Å²) >= 11 is 0. The normalized spacial score (nSPS) is 13.9. The molecule has 1 N–H and O–H groups in total. The Morgan fingerprint density at radius 3 is 2.64 bits per heavy atom. The average molecular weight is 482 g/mol. The van der Waals surface area contributed by atoms with Gasteiger partial charge in [-0.2, -0.15) is 0 Å². The Balaban J connectivity index is 1.49. The summed E-state index contributed by atoms with van der Waals surface area (Å²) in [4.78, 5) is 26.4. The van der Waals surface area contributed by atoms with Crippen molar-refractivity contribution >= 4 is 28.4 Å². The van der Waals surface area contributed by atoms with Crippen LogP contribution in [0.25, 0.3) is 38.4 Å². The molecule has 4 aromatic rings. The molecule has 8 heteroatoms. The van der Waals surface area contributed by atoms with Crippen LogP contribution < -0.4 is 5.32 Å². The number of hydrogen-bond donors (Lipinski definition) is 1. The van der Waals surface area contributed by atoms with Crippen molar-refractivity contribution < 1.29 is 13.9 Å². The Hall–Kier alpha value is -4.22. The van der Waals surface area contributed by atoms with E-state index in [1.807, 2.05) is 37.3 Å². The topological polar surface area (TPSA) is 84.9 Å².